The zero-order valence-corrected chi connectivity index (χ0v) is 12.0. The Hall–Kier alpha value is -1.94. The van der Waals surface area contributed by atoms with Gasteiger partial charge < -0.3 is 0 Å². The van der Waals surface area contributed by atoms with Crippen LogP contribution in [0.25, 0.3) is 0 Å². The van der Waals surface area contributed by atoms with Crippen molar-refractivity contribution in [2.24, 2.45) is 5.10 Å². The predicted octanol–water partition coefficient (Wildman–Crippen LogP) is 3.60. The SMILES string of the molecule is CC(=NNC(=O)c1ccccc1Br)c1ccccc1. The van der Waals surface area contributed by atoms with Crippen molar-refractivity contribution in [2.45, 2.75) is 6.92 Å². The summed E-state index contributed by atoms with van der Waals surface area (Å²) in [7, 11) is 0. The maximum Gasteiger partial charge on any atom is 0.272 e. The van der Waals surface area contributed by atoms with Gasteiger partial charge in [-0.1, -0.05) is 42.5 Å². The molecule has 1 amide bonds. The number of carbonyl (C=O) groups is 1. The van der Waals surface area contributed by atoms with Gasteiger partial charge in [-0.05, 0) is 40.5 Å². The number of hydrazone groups is 1. The van der Waals surface area contributed by atoms with Gasteiger partial charge in [0.25, 0.3) is 5.91 Å². The maximum atomic E-state index is 12.0. The van der Waals surface area contributed by atoms with Gasteiger partial charge in [-0.25, -0.2) is 5.43 Å². The summed E-state index contributed by atoms with van der Waals surface area (Å²) in [5.41, 5.74) is 4.87. The fourth-order valence-corrected chi connectivity index (χ4v) is 2.05. The van der Waals surface area contributed by atoms with Gasteiger partial charge in [0.05, 0.1) is 11.3 Å². The second-order valence-corrected chi connectivity index (χ2v) is 4.84. The van der Waals surface area contributed by atoms with Crippen molar-refractivity contribution in [3.63, 3.8) is 0 Å². The van der Waals surface area contributed by atoms with Crippen LogP contribution < -0.4 is 5.43 Å². The lowest BCUT2D eigenvalue weighted by atomic mass is 10.1. The lowest BCUT2D eigenvalue weighted by molar-refractivity contribution is 0.0954. The zero-order valence-electron chi connectivity index (χ0n) is 10.4. The molecule has 3 nitrogen and oxygen atoms in total. The van der Waals surface area contributed by atoms with Crippen LogP contribution in [0.3, 0.4) is 0 Å². The Morgan fingerprint density at radius 1 is 1.05 bits per heavy atom. The molecule has 0 atom stereocenters. The summed E-state index contributed by atoms with van der Waals surface area (Å²) < 4.78 is 0.750. The van der Waals surface area contributed by atoms with Gasteiger partial charge in [-0.15, -0.1) is 0 Å². The van der Waals surface area contributed by atoms with Crippen molar-refractivity contribution in [3.8, 4) is 0 Å². The lowest BCUT2D eigenvalue weighted by Gasteiger charge is -2.04. The highest BCUT2D eigenvalue weighted by Crippen LogP contribution is 2.15. The second kappa shape index (κ2) is 6.29. The molecule has 0 saturated carbocycles. The van der Waals surface area contributed by atoms with Crippen molar-refractivity contribution in [1.29, 1.82) is 0 Å². The number of nitrogens with one attached hydrogen (secondary N) is 1. The van der Waals surface area contributed by atoms with E-state index >= 15 is 0 Å². The molecule has 0 spiro atoms. The first-order chi connectivity index (χ1) is 9.18. The normalized spacial score (nSPS) is 11.2. The molecule has 0 heterocycles. The highest BCUT2D eigenvalue weighted by molar-refractivity contribution is 9.10. The summed E-state index contributed by atoms with van der Waals surface area (Å²) in [5, 5.41) is 4.11. The van der Waals surface area contributed by atoms with E-state index in [1.54, 1.807) is 6.07 Å². The van der Waals surface area contributed by atoms with Crippen LogP contribution in [0.1, 0.15) is 22.8 Å². The smallest absolute Gasteiger partial charge is 0.267 e. The molecule has 4 heteroatoms. The molecule has 0 fully saturated rings. The van der Waals surface area contributed by atoms with Crippen LogP contribution in [-0.4, -0.2) is 11.6 Å². The molecule has 1 N–H and O–H groups in total. The first-order valence-corrected chi connectivity index (χ1v) is 6.62. The van der Waals surface area contributed by atoms with Crippen molar-refractivity contribution < 1.29 is 4.79 Å². The van der Waals surface area contributed by atoms with Crippen molar-refractivity contribution in [3.05, 3.63) is 70.2 Å². The molecule has 0 aliphatic rings. The first kappa shape index (κ1) is 13.5. The minimum atomic E-state index is -0.234. The van der Waals surface area contributed by atoms with Gasteiger partial charge in [0.2, 0.25) is 0 Å². The van der Waals surface area contributed by atoms with Crippen LogP contribution in [0.4, 0.5) is 0 Å². The molecular formula is C15H13BrN2O. The summed E-state index contributed by atoms with van der Waals surface area (Å²) in [6.07, 6.45) is 0. The van der Waals surface area contributed by atoms with E-state index in [-0.39, 0.29) is 5.91 Å². The highest BCUT2D eigenvalue weighted by Gasteiger charge is 2.08. The molecule has 0 saturated heterocycles. The van der Waals surface area contributed by atoms with Crippen molar-refractivity contribution in [1.82, 2.24) is 5.43 Å². The van der Waals surface area contributed by atoms with E-state index in [0.29, 0.717) is 5.56 Å². The van der Waals surface area contributed by atoms with Gasteiger partial charge in [0.1, 0.15) is 0 Å². The molecule has 0 radical (unpaired) electrons. The predicted molar refractivity (Wildman–Crippen MR) is 80.3 cm³/mol. The molecular weight excluding hydrogens is 304 g/mol. The average molecular weight is 317 g/mol. The Labute approximate surface area is 120 Å². The molecule has 0 aromatic heterocycles. The summed E-state index contributed by atoms with van der Waals surface area (Å²) in [4.78, 5) is 12.0. The zero-order chi connectivity index (χ0) is 13.7. The Kier molecular flexibility index (Phi) is 4.47. The van der Waals surface area contributed by atoms with Gasteiger partial charge in [-0.3, -0.25) is 4.79 Å². The molecule has 0 unspecified atom stereocenters. The molecule has 2 aromatic rings. The number of benzene rings is 2. The van der Waals surface area contributed by atoms with Gasteiger partial charge >= 0.3 is 0 Å². The van der Waals surface area contributed by atoms with Gasteiger partial charge in [-0.2, -0.15) is 5.10 Å². The number of halogens is 1. The van der Waals surface area contributed by atoms with E-state index in [4.69, 9.17) is 0 Å². The Morgan fingerprint density at radius 3 is 2.37 bits per heavy atom. The van der Waals surface area contributed by atoms with Crippen LogP contribution in [-0.2, 0) is 0 Å². The monoisotopic (exact) mass is 316 g/mol. The summed E-state index contributed by atoms with van der Waals surface area (Å²) in [6.45, 7) is 1.86. The van der Waals surface area contributed by atoms with Crippen molar-refractivity contribution in [2.75, 3.05) is 0 Å². The standard InChI is InChI=1S/C15H13BrN2O/c1-11(12-7-3-2-4-8-12)17-18-15(19)13-9-5-6-10-14(13)16/h2-10H,1H3,(H,18,19). The van der Waals surface area contributed by atoms with Crippen molar-refractivity contribution >= 4 is 27.5 Å². The third kappa shape index (κ3) is 3.51. The summed E-state index contributed by atoms with van der Waals surface area (Å²) in [5.74, 6) is -0.234. The first-order valence-electron chi connectivity index (χ1n) is 5.83. The number of nitrogens with zero attached hydrogens (tertiary/aromatic N) is 1. The van der Waals surface area contributed by atoms with E-state index in [2.05, 4.69) is 26.5 Å². The number of amides is 1. The van der Waals surface area contributed by atoms with Crippen LogP contribution in [0, 0.1) is 0 Å². The molecule has 2 aromatic carbocycles. The Bertz CT molecular complexity index is 609. The van der Waals surface area contributed by atoms with Crippen LogP contribution in [0.5, 0.6) is 0 Å². The average Bonchev–Trinajstić information content (AvgIpc) is 2.46. The molecule has 2 rings (SSSR count). The van der Waals surface area contributed by atoms with Crippen LogP contribution in [0.2, 0.25) is 0 Å². The van der Waals surface area contributed by atoms with E-state index < -0.39 is 0 Å². The highest BCUT2D eigenvalue weighted by atomic mass is 79.9. The third-order valence-electron chi connectivity index (χ3n) is 2.64. The second-order valence-electron chi connectivity index (χ2n) is 3.98. The topological polar surface area (TPSA) is 41.5 Å². The summed E-state index contributed by atoms with van der Waals surface area (Å²) in [6, 6.07) is 16.9. The van der Waals surface area contributed by atoms with E-state index in [1.807, 2.05) is 55.5 Å². The Morgan fingerprint density at radius 2 is 1.68 bits per heavy atom. The van der Waals surface area contributed by atoms with E-state index in [0.717, 1.165) is 15.7 Å². The summed E-state index contributed by atoms with van der Waals surface area (Å²) >= 11 is 3.34. The van der Waals surface area contributed by atoms with Gasteiger partial charge in [0.15, 0.2) is 0 Å². The number of hydrogen-bond acceptors (Lipinski definition) is 2. The molecule has 19 heavy (non-hydrogen) atoms. The third-order valence-corrected chi connectivity index (χ3v) is 3.33. The molecule has 96 valence electrons. The van der Waals surface area contributed by atoms with E-state index in [1.165, 1.54) is 0 Å². The fourth-order valence-electron chi connectivity index (χ4n) is 1.58. The number of hydrogen-bond donors (Lipinski definition) is 1. The number of carbonyl (C=O) groups excluding carboxylic acids is 1. The minimum absolute atomic E-state index is 0.234. The fraction of sp³-hybridized carbons (Fsp3) is 0.0667. The van der Waals surface area contributed by atoms with E-state index in [9.17, 15) is 4.79 Å². The quantitative estimate of drug-likeness (QED) is 0.682. The largest absolute Gasteiger partial charge is 0.272 e. The van der Waals surface area contributed by atoms with Crippen LogP contribution in [0.15, 0.2) is 64.2 Å². The van der Waals surface area contributed by atoms with Gasteiger partial charge in [0, 0.05) is 4.47 Å². The molecule has 0 aliphatic carbocycles. The van der Waals surface area contributed by atoms with Crippen LogP contribution >= 0.6 is 15.9 Å². The molecule has 0 aliphatic heterocycles. The lowest BCUT2D eigenvalue weighted by Crippen LogP contribution is -2.19. The Balaban J connectivity index is 2.11. The molecule has 0 bridgehead atoms. The maximum absolute atomic E-state index is 12.0. The number of rotatable bonds is 3. The minimum Gasteiger partial charge on any atom is -0.267 e.